The zero-order valence-corrected chi connectivity index (χ0v) is 15.3. The van der Waals surface area contributed by atoms with Crippen molar-refractivity contribution in [3.05, 3.63) is 74.3 Å². The molecule has 0 aliphatic carbocycles. The molecular weight excluding hydrogens is 449 g/mol. The third kappa shape index (κ3) is 4.22. The van der Waals surface area contributed by atoms with Gasteiger partial charge >= 0.3 is 12.0 Å². The molecule has 0 radical (unpaired) electrons. The first-order valence-electron chi connectivity index (χ1n) is 7.59. The predicted octanol–water partition coefficient (Wildman–Crippen LogP) is 4.47. The maximum Gasteiger partial charge on any atom is 0.418 e. The van der Waals surface area contributed by atoms with Crippen LogP contribution in [0.25, 0.3) is 0 Å². The number of furan rings is 1. The molecule has 8 nitrogen and oxygen atoms in total. The fraction of sp³-hybridized carbons (Fsp3) is 0.125. The lowest BCUT2D eigenvalue weighted by atomic mass is 10.1. The third-order valence-corrected chi connectivity index (χ3v) is 4.12. The van der Waals surface area contributed by atoms with Gasteiger partial charge in [0, 0.05) is 0 Å². The van der Waals surface area contributed by atoms with E-state index in [0.29, 0.717) is 0 Å². The number of nitro groups is 1. The molecule has 2 aromatic heterocycles. The van der Waals surface area contributed by atoms with Gasteiger partial charge in [-0.05, 0) is 45.1 Å². The number of benzene rings is 1. The van der Waals surface area contributed by atoms with Gasteiger partial charge in [-0.1, -0.05) is 12.1 Å². The summed E-state index contributed by atoms with van der Waals surface area (Å²) in [5, 5.41) is 16.7. The Morgan fingerprint density at radius 1 is 1.29 bits per heavy atom. The quantitative estimate of drug-likeness (QED) is 0.448. The molecule has 1 amide bonds. The van der Waals surface area contributed by atoms with Crippen LogP contribution < -0.4 is 5.32 Å². The predicted molar refractivity (Wildman–Crippen MR) is 93.8 cm³/mol. The van der Waals surface area contributed by atoms with Crippen molar-refractivity contribution in [1.29, 1.82) is 0 Å². The molecule has 0 saturated carbocycles. The molecule has 0 unspecified atom stereocenters. The monoisotopic (exact) mass is 458 g/mol. The van der Waals surface area contributed by atoms with E-state index < -0.39 is 28.3 Å². The van der Waals surface area contributed by atoms with Crippen LogP contribution in [0.4, 0.5) is 24.7 Å². The molecule has 2 heterocycles. The Kier molecular flexibility index (Phi) is 5.23. The minimum atomic E-state index is -4.62. The maximum absolute atomic E-state index is 13.0. The van der Waals surface area contributed by atoms with Gasteiger partial charge in [-0.15, -0.1) is 0 Å². The van der Waals surface area contributed by atoms with Gasteiger partial charge < -0.3 is 19.8 Å². The number of aromatic nitrogens is 2. The Morgan fingerprint density at radius 3 is 2.64 bits per heavy atom. The lowest BCUT2D eigenvalue weighted by molar-refractivity contribution is -0.390. The van der Waals surface area contributed by atoms with E-state index in [1.165, 1.54) is 35.1 Å². The Bertz CT molecular complexity index is 1040. The first-order valence-corrected chi connectivity index (χ1v) is 8.38. The van der Waals surface area contributed by atoms with Gasteiger partial charge in [0.2, 0.25) is 0 Å². The zero-order chi connectivity index (χ0) is 20.5. The molecule has 12 heteroatoms. The van der Waals surface area contributed by atoms with Crippen molar-refractivity contribution in [2.75, 3.05) is 5.32 Å². The summed E-state index contributed by atoms with van der Waals surface area (Å²) in [5.41, 5.74) is -1.38. The smallest absolute Gasteiger partial charge is 0.418 e. The molecule has 1 N–H and O–H groups in total. The van der Waals surface area contributed by atoms with E-state index in [1.54, 1.807) is 0 Å². The van der Waals surface area contributed by atoms with E-state index in [4.69, 9.17) is 4.42 Å². The van der Waals surface area contributed by atoms with Crippen LogP contribution in [0, 0.1) is 10.1 Å². The van der Waals surface area contributed by atoms with Crippen molar-refractivity contribution in [1.82, 2.24) is 9.78 Å². The second-order valence-corrected chi connectivity index (χ2v) is 6.37. The minimum absolute atomic E-state index is 0.0150. The molecule has 1 aromatic carbocycles. The summed E-state index contributed by atoms with van der Waals surface area (Å²) in [6.07, 6.45) is -3.26. The number of para-hydroxylation sites is 1. The van der Waals surface area contributed by atoms with Gasteiger partial charge in [0.15, 0.2) is 5.76 Å². The van der Waals surface area contributed by atoms with Gasteiger partial charge in [-0.3, -0.25) is 4.79 Å². The van der Waals surface area contributed by atoms with Crippen LogP contribution in [-0.4, -0.2) is 20.6 Å². The van der Waals surface area contributed by atoms with Crippen LogP contribution in [0.1, 0.15) is 21.9 Å². The van der Waals surface area contributed by atoms with E-state index in [9.17, 15) is 28.1 Å². The molecule has 0 aliphatic rings. The molecule has 0 atom stereocenters. The van der Waals surface area contributed by atoms with E-state index in [1.807, 2.05) is 0 Å². The number of nitrogens with one attached hydrogen (secondary N) is 1. The first kappa shape index (κ1) is 19.6. The molecule has 0 saturated heterocycles. The highest BCUT2D eigenvalue weighted by atomic mass is 79.9. The topological polar surface area (TPSA) is 103 Å². The normalized spacial score (nSPS) is 11.4. The van der Waals surface area contributed by atoms with Gasteiger partial charge in [0.05, 0.1) is 22.5 Å². The van der Waals surface area contributed by atoms with Crippen LogP contribution in [0.5, 0.6) is 0 Å². The fourth-order valence-electron chi connectivity index (χ4n) is 2.36. The number of carbonyl (C=O) groups is 1. The number of hydrogen-bond donors (Lipinski definition) is 1. The number of amides is 1. The van der Waals surface area contributed by atoms with Crippen LogP contribution in [0.2, 0.25) is 0 Å². The lowest BCUT2D eigenvalue weighted by Gasteiger charge is -2.12. The highest BCUT2D eigenvalue weighted by Gasteiger charge is 2.33. The maximum atomic E-state index is 13.0. The molecule has 3 aromatic rings. The average molecular weight is 459 g/mol. The molecule has 0 fully saturated rings. The van der Waals surface area contributed by atoms with Crippen molar-refractivity contribution < 1.29 is 27.3 Å². The number of alkyl halides is 3. The Hall–Kier alpha value is -3.15. The molecule has 3 rings (SSSR count). The molecule has 0 aliphatic heterocycles. The molecule has 28 heavy (non-hydrogen) atoms. The Morgan fingerprint density at radius 2 is 2.00 bits per heavy atom. The van der Waals surface area contributed by atoms with Crippen LogP contribution in [0.3, 0.4) is 0 Å². The summed E-state index contributed by atoms with van der Waals surface area (Å²) in [7, 11) is 0. The molecule has 0 bridgehead atoms. The summed E-state index contributed by atoms with van der Waals surface area (Å²) in [5.74, 6) is -1.23. The van der Waals surface area contributed by atoms with Crippen molar-refractivity contribution in [3.8, 4) is 0 Å². The number of anilines is 1. The summed E-state index contributed by atoms with van der Waals surface area (Å²) < 4.78 is 45.7. The minimum Gasteiger partial charge on any atom is -0.454 e. The van der Waals surface area contributed by atoms with Crippen molar-refractivity contribution in [2.45, 2.75) is 12.7 Å². The average Bonchev–Trinajstić information content (AvgIpc) is 3.21. The second-order valence-electron chi connectivity index (χ2n) is 5.52. The summed E-state index contributed by atoms with van der Waals surface area (Å²) in [6.45, 7) is -0.0150. The fourth-order valence-corrected chi connectivity index (χ4v) is 2.82. The van der Waals surface area contributed by atoms with Crippen LogP contribution in [0.15, 0.2) is 51.5 Å². The SMILES string of the molecule is O=C(Nc1ccccc1C(F)(F)F)c1ccc(Cn2cc(Br)c([N+](=O)[O-])n2)o1. The summed E-state index contributed by atoms with van der Waals surface area (Å²) in [6, 6.07) is 7.27. The van der Waals surface area contributed by atoms with E-state index in [0.717, 1.165) is 12.1 Å². The molecule has 0 spiro atoms. The largest absolute Gasteiger partial charge is 0.454 e. The first-order chi connectivity index (χ1) is 13.1. The van der Waals surface area contributed by atoms with E-state index >= 15 is 0 Å². The van der Waals surface area contributed by atoms with Gasteiger partial charge in [-0.2, -0.15) is 17.9 Å². The highest BCUT2D eigenvalue weighted by Crippen LogP contribution is 2.34. The van der Waals surface area contributed by atoms with Crippen molar-refractivity contribution in [2.24, 2.45) is 0 Å². The number of rotatable bonds is 5. The molecular formula is C16H10BrF3N4O4. The summed E-state index contributed by atoms with van der Waals surface area (Å²) in [4.78, 5) is 22.3. The van der Waals surface area contributed by atoms with Gasteiger partial charge in [0.25, 0.3) is 5.91 Å². The van der Waals surface area contributed by atoms with Crippen molar-refractivity contribution in [3.63, 3.8) is 0 Å². The Balaban J connectivity index is 1.75. The third-order valence-electron chi connectivity index (χ3n) is 3.56. The second kappa shape index (κ2) is 7.46. The number of hydrogen-bond acceptors (Lipinski definition) is 5. The molecule has 146 valence electrons. The van der Waals surface area contributed by atoms with Crippen LogP contribution in [-0.2, 0) is 12.7 Å². The number of carbonyl (C=O) groups excluding carboxylic acids is 1. The van der Waals surface area contributed by atoms with E-state index in [2.05, 4.69) is 26.3 Å². The van der Waals surface area contributed by atoms with E-state index in [-0.39, 0.29) is 28.4 Å². The zero-order valence-electron chi connectivity index (χ0n) is 13.7. The van der Waals surface area contributed by atoms with Gasteiger partial charge in [-0.25, -0.2) is 0 Å². The summed E-state index contributed by atoms with van der Waals surface area (Å²) >= 11 is 3.01. The standard InChI is InChI=1S/C16H10BrF3N4O4/c17-11-8-23(22-14(11)24(26)27)7-9-5-6-13(28-9)15(25)21-12-4-2-1-3-10(12)16(18,19)20/h1-6,8H,7H2,(H,21,25). The van der Waals surface area contributed by atoms with Crippen LogP contribution >= 0.6 is 15.9 Å². The lowest BCUT2D eigenvalue weighted by Crippen LogP contribution is -2.16. The Labute approximate surface area is 163 Å². The van der Waals surface area contributed by atoms with Crippen molar-refractivity contribution >= 4 is 33.3 Å². The highest BCUT2D eigenvalue weighted by molar-refractivity contribution is 9.10. The number of nitrogens with zero attached hydrogens (tertiary/aromatic N) is 3. The van der Waals surface area contributed by atoms with Gasteiger partial charge in [0.1, 0.15) is 16.8 Å². The number of halogens is 4.